The number of carbonyl (C=O) groups is 3. The highest BCUT2D eigenvalue weighted by Gasteiger charge is 2.31. The molecule has 2 heterocycles. The van der Waals surface area contributed by atoms with E-state index in [1.54, 1.807) is 30.9 Å². The molecule has 3 amide bonds. The number of ether oxygens (including phenoxy) is 1. The number of amides is 3. The maximum absolute atomic E-state index is 14.0. The van der Waals surface area contributed by atoms with Crippen LogP contribution in [0.1, 0.15) is 50.8 Å². The third-order valence-electron chi connectivity index (χ3n) is 8.17. The largest absolute Gasteiger partial charge is 0.374 e. The third-order valence-corrected chi connectivity index (χ3v) is 8.17. The lowest BCUT2D eigenvalue weighted by atomic mass is 9.96. The Bertz CT molecular complexity index is 1620. The Morgan fingerprint density at radius 2 is 1.69 bits per heavy atom. The monoisotopic (exact) mass is 610 g/mol. The van der Waals surface area contributed by atoms with Gasteiger partial charge in [0.1, 0.15) is 12.1 Å². The van der Waals surface area contributed by atoms with Gasteiger partial charge in [-0.2, -0.15) is 0 Å². The van der Waals surface area contributed by atoms with Gasteiger partial charge in [0.2, 0.25) is 11.8 Å². The van der Waals surface area contributed by atoms with E-state index >= 15 is 0 Å². The standard InChI is InChI=1S/C35H42N6O4/c1-24-15-17-40(18-16-24)33(43)31(28-14-13-26-11-7-8-12-27(26)19-28)41-20-30(37-23-41)39-32(42)29(38-34(44)35(2,3)36)22-45-21-25-9-5-4-6-10-25/h4-14,19-20,23-24,29,31H,15-18,21-22,36H2,1-3H3,(H,38,44)(H,39,42)/t29-,31?/m1/s1. The lowest BCUT2D eigenvalue weighted by molar-refractivity contribution is -0.135. The maximum Gasteiger partial charge on any atom is 0.250 e. The van der Waals surface area contributed by atoms with Gasteiger partial charge in [-0.25, -0.2) is 4.98 Å². The molecular weight excluding hydrogens is 568 g/mol. The highest BCUT2D eigenvalue weighted by atomic mass is 16.5. The number of rotatable bonds is 11. The summed E-state index contributed by atoms with van der Waals surface area (Å²) in [5, 5.41) is 7.62. The normalized spacial score (nSPS) is 15.4. The predicted molar refractivity (Wildman–Crippen MR) is 174 cm³/mol. The highest BCUT2D eigenvalue weighted by Crippen LogP contribution is 2.28. The fourth-order valence-electron chi connectivity index (χ4n) is 5.37. The number of piperidine rings is 1. The molecule has 4 N–H and O–H groups in total. The van der Waals surface area contributed by atoms with E-state index in [0.29, 0.717) is 19.0 Å². The molecule has 0 saturated carbocycles. The Labute approximate surface area is 263 Å². The topological polar surface area (TPSA) is 132 Å². The third kappa shape index (κ3) is 8.14. The van der Waals surface area contributed by atoms with Gasteiger partial charge in [0.05, 0.1) is 25.1 Å². The molecule has 1 aliphatic heterocycles. The van der Waals surface area contributed by atoms with Crippen LogP contribution in [0, 0.1) is 5.92 Å². The minimum absolute atomic E-state index is 0.0166. The van der Waals surface area contributed by atoms with Crippen molar-refractivity contribution in [2.45, 2.75) is 57.8 Å². The predicted octanol–water partition coefficient (Wildman–Crippen LogP) is 4.26. The summed E-state index contributed by atoms with van der Waals surface area (Å²) >= 11 is 0. The van der Waals surface area contributed by atoms with E-state index in [1.807, 2.05) is 77.7 Å². The van der Waals surface area contributed by atoms with Crippen LogP contribution in [0.25, 0.3) is 10.8 Å². The second-order valence-electron chi connectivity index (χ2n) is 12.5. The van der Waals surface area contributed by atoms with Crippen molar-refractivity contribution in [3.05, 3.63) is 96.4 Å². The van der Waals surface area contributed by atoms with Crippen molar-refractivity contribution in [1.29, 1.82) is 0 Å². The molecule has 10 nitrogen and oxygen atoms in total. The summed E-state index contributed by atoms with van der Waals surface area (Å²) in [5.41, 5.74) is 6.56. The van der Waals surface area contributed by atoms with Crippen LogP contribution in [-0.4, -0.2) is 63.4 Å². The van der Waals surface area contributed by atoms with E-state index in [2.05, 4.69) is 22.5 Å². The van der Waals surface area contributed by atoms with Gasteiger partial charge in [-0.05, 0) is 60.6 Å². The first kappa shape index (κ1) is 31.9. The SMILES string of the molecule is CC1CCN(C(=O)C(c2ccc3ccccc3c2)n2cnc(NC(=O)[C@@H](COCc3ccccc3)NC(=O)C(C)(C)N)c2)CC1. The molecular formula is C35H42N6O4. The molecule has 45 heavy (non-hydrogen) atoms. The Morgan fingerprint density at radius 3 is 2.40 bits per heavy atom. The highest BCUT2D eigenvalue weighted by molar-refractivity contribution is 5.98. The van der Waals surface area contributed by atoms with E-state index < -0.39 is 29.4 Å². The molecule has 1 saturated heterocycles. The smallest absolute Gasteiger partial charge is 0.250 e. The number of imidazole rings is 1. The number of fused-ring (bicyclic) bond motifs is 1. The molecule has 0 bridgehead atoms. The fraction of sp³-hybridized carbons (Fsp3) is 0.371. The van der Waals surface area contributed by atoms with Crippen LogP contribution in [0.5, 0.6) is 0 Å². The Morgan fingerprint density at radius 1 is 1.00 bits per heavy atom. The lowest BCUT2D eigenvalue weighted by Gasteiger charge is -2.33. The van der Waals surface area contributed by atoms with Gasteiger partial charge < -0.3 is 30.6 Å². The zero-order valence-corrected chi connectivity index (χ0v) is 26.1. The van der Waals surface area contributed by atoms with Gasteiger partial charge in [-0.15, -0.1) is 0 Å². The average Bonchev–Trinajstić information content (AvgIpc) is 3.48. The maximum atomic E-state index is 14.0. The molecule has 0 radical (unpaired) electrons. The molecule has 236 valence electrons. The average molecular weight is 611 g/mol. The van der Waals surface area contributed by atoms with E-state index in [9.17, 15) is 14.4 Å². The van der Waals surface area contributed by atoms with Gasteiger partial charge in [-0.3, -0.25) is 14.4 Å². The first-order valence-corrected chi connectivity index (χ1v) is 15.4. The van der Waals surface area contributed by atoms with Gasteiger partial charge in [0, 0.05) is 19.3 Å². The summed E-state index contributed by atoms with van der Waals surface area (Å²) in [6.07, 6.45) is 5.13. The Hall–Kier alpha value is -4.54. The summed E-state index contributed by atoms with van der Waals surface area (Å²) in [4.78, 5) is 46.6. The summed E-state index contributed by atoms with van der Waals surface area (Å²) in [5.74, 6) is -0.186. The van der Waals surface area contributed by atoms with Crippen molar-refractivity contribution >= 4 is 34.3 Å². The molecule has 0 aliphatic carbocycles. The molecule has 3 aromatic carbocycles. The molecule has 10 heteroatoms. The molecule has 1 aromatic heterocycles. The zero-order chi connectivity index (χ0) is 32.0. The summed E-state index contributed by atoms with van der Waals surface area (Å²) in [6, 6.07) is 21.9. The summed E-state index contributed by atoms with van der Waals surface area (Å²) < 4.78 is 7.54. The molecule has 5 rings (SSSR count). The lowest BCUT2D eigenvalue weighted by Crippen LogP contribution is -2.56. The van der Waals surface area contributed by atoms with Crippen molar-refractivity contribution < 1.29 is 19.1 Å². The number of carbonyl (C=O) groups excluding carboxylic acids is 3. The van der Waals surface area contributed by atoms with Crippen LogP contribution in [0.15, 0.2) is 85.3 Å². The van der Waals surface area contributed by atoms with E-state index in [0.717, 1.165) is 34.7 Å². The number of aromatic nitrogens is 2. The quantitative estimate of drug-likeness (QED) is 0.233. The van der Waals surface area contributed by atoms with Crippen LogP contribution in [0.3, 0.4) is 0 Å². The van der Waals surface area contributed by atoms with Crippen molar-refractivity contribution in [1.82, 2.24) is 19.8 Å². The summed E-state index contributed by atoms with van der Waals surface area (Å²) in [7, 11) is 0. The van der Waals surface area contributed by atoms with Crippen LogP contribution < -0.4 is 16.4 Å². The Kier molecular flexibility index (Phi) is 9.95. The minimum atomic E-state index is -1.20. The fourth-order valence-corrected chi connectivity index (χ4v) is 5.37. The number of nitrogens with two attached hydrogens (primary N) is 1. The van der Waals surface area contributed by atoms with Crippen LogP contribution in [0.4, 0.5) is 5.82 Å². The first-order valence-electron chi connectivity index (χ1n) is 15.4. The second kappa shape index (κ2) is 14.0. The number of likely N-dealkylation sites (tertiary alicyclic amines) is 1. The summed E-state index contributed by atoms with van der Waals surface area (Å²) in [6.45, 7) is 6.94. The van der Waals surface area contributed by atoms with Crippen molar-refractivity contribution in [3.63, 3.8) is 0 Å². The van der Waals surface area contributed by atoms with Gasteiger partial charge in [0.15, 0.2) is 5.82 Å². The number of anilines is 1. The zero-order valence-electron chi connectivity index (χ0n) is 26.1. The first-order chi connectivity index (χ1) is 21.6. The number of hydrogen-bond donors (Lipinski definition) is 3. The van der Waals surface area contributed by atoms with E-state index in [1.165, 1.54) is 0 Å². The number of nitrogens with zero attached hydrogens (tertiary/aromatic N) is 3. The molecule has 0 spiro atoms. The second-order valence-corrected chi connectivity index (χ2v) is 12.5. The van der Waals surface area contributed by atoms with E-state index in [-0.39, 0.29) is 24.9 Å². The van der Waals surface area contributed by atoms with Crippen LogP contribution in [0.2, 0.25) is 0 Å². The number of nitrogens with one attached hydrogen (secondary N) is 2. The molecule has 1 fully saturated rings. The van der Waals surface area contributed by atoms with Crippen LogP contribution in [-0.2, 0) is 25.7 Å². The van der Waals surface area contributed by atoms with Gasteiger partial charge in [-0.1, -0.05) is 73.7 Å². The molecule has 1 unspecified atom stereocenters. The number of benzene rings is 3. The molecule has 4 aromatic rings. The molecule has 2 atom stereocenters. The van der Waals surface area contributed by atoms with Crippen molar-refractivity contribution in [2.24, 2.45) is 11.7 Å². The number of hydrogen-bond acceptors (Lipinski definition) is 6. The van der Waals surface area contributed by atoms with Crippen molar-refractivity contribution in [3.8, 4) is 0 Å². The molecule has 1 aliphatic rings. The van der Waals surface area contributed by atoms with Crippen LogP contribution >= 0.6 is 0 Å². The van der Waals surface area contributed by atoms with Crippen molar-refractivity contribution in [2.75, 3.05) is 25.0 Å². The van der Waals surface area contributed by atoms with Gasteiger partial charge >= 0.3 is 0 Å². The minimum Gasteiger partial charge on any atom is -0.374 e. The van der Waals surface area contributed by atoms with Gasteiger partial charge in [0.25, 0.3) is 5.91 Å². The Balaban J connectivity index is 1.36. The van der Waals surface area contributed by atoms with E-state index in [4.69, 9.17) is 10.5 Å².